The van der Waals surface area contributed by atoms with Crippen molar-refractivity contribution in [1.29, 1.82) is 0 Å². The zero-order valence-corrected chi connectivity index (χ0v) is 10.1. The molecule has 1 aliphatic heterocycles. The van der Waals surface area contributed by atoms with Crippen molar-refractivity contribution in [2.75, 3.05) is 31.3 Å². The van der Waals surface area contributed by atoms with E-state index < -0.39 is 0 Å². The lowest BCUT2D eigenvalue weighted by Gasteiger charge is -2.23. The fourth-order valence-corrected chi connectivity index (χ4v) is 2.31. The molecule has 1 atom stereocenters. The molecule has 0 saturated carbocycles. The van der Waals surface area contributed by atoms with Crippen LogP contribution in [0.5, 0.6) is 0 Å². The molecular weight excluding hydrogens is 194 g/mol. The van der Waals surface area contributed by atoms with Crippen LogP contribution in [0.4, 0.5) is 0 Å². The lowest BCUT2D eigenvalue weighted by atomic mass is 10.1. The minimum atomic E-state index is 0.627. The van der Waals surface area contributed by atoms with E-state index in [1.807, 2.05) is 11.8 Å². The van der Waals surface area contributed by atoms with Crippen LogP contribution in [0.2, 0.25) is 0 Å². The first-order valence-electron chi connectivity index (χ1n) is 5.82. The maximum Gasteiger partial charge on any atom is 0.0619 e. The molecule has 1 unspecified atom stereocenters. The average molecular weight is 217 g/mol. The SMILES string of the molecule is CCSCCCOCC1CCCCN1. The molecule has 0 aromatic heterocycles. The molecule has 0 aliphatic carbocycles. The first kappa shape index (κ1) is 12.3. The van der Waals surface area contributed by atoms with Crippen molar-refractivity contribution < 1.29 is 4.74 Å². The van der Waals surface area contributed by atoms with Gasteiger partial charge in [0.2, 0.25) is 0 Å². The van der Waals surface area contributed by atoms with Gasteiger partial charge in [0.25, 0.3) is 0 Å². The lowest BCUT2D eigenvalue weighted by molar-refractivity contribution is 0.104. The number of ether oxygens (including phenoxy) is 1. The minimum Gasteiger partial charge on any atom is -0.380 e. The molecule has 3 heteroatoms. The Hall–Kier alpha value is 0.270. The number of rotatable bonds is 7. The lowest BCUT2D eigenvalue weighted by Crippen LogP contribution is -2.37. The monoisotopic (exact) mass is 217 g/mol. The van der Waals surface area contributed by atoms with E-state index in [0.29, 0.717) is 6.04 Å². The maximum absolute atomic E-state index is 5.64. The third kappa shape index (κ3) is 5.89. The first-order chi connectivity index (χ1) is 6.93. The van der Waals surface area contributed by atoms with E-state index in [1.54, 1.807) is 0 Å². The van der Waals surface area contributed by atoms with Crippen LogP contribution in [-0.2, 0) is 4.74 Å². The third-order valence-electron chi connectivity index (χ3n) is 2.51. The summed E-state index contributed by atoms with van der Waals surface area (Å²) in [5.41, 5.74) is 0. The molecule has 1 saturated heterocycles. The highest BCUT2D eigenvalue weighted by Gasteiger charge is 2.11. The second-order valence-corrected chi connectivity index (χ2v) is 5.17. The second kappa shape index (κ2) is 8.57. The van der Waals surface area contributed by atoms with Gasteiger partial charge in [0.1, 0.15) is 0 Å². The molecule has 1 N–H and O–H groups in total. The fourth-order valence-electron chi connectivity index (χ4n) is 1.70. The third-order valence-corrected chi connectivity index (χ3v) is 3.50. The Morgan fingerprint density at radius 2 is 2.36 bits per heavy atom. The standard InChI is InChI=1S/C11H23NOS/c1-2-14-9-5-8-13-10-11-6-3-4-7-12-11/h11-12H,2-10H2,1H3. The fraction of sp³-hybridized carbons (Fsp3) is 1.00. The van der Waals surface area contributed by atoms with Crippen molar-refractivity contribution in [2.24, 2.45) is 0 Å². The van der Waals surface area contributed by atoms with E-state index in [-0.39, 0.29) is 0 Å². The Kier molecular flexibility index (Phi) is 7.55. The summed E-state index contributed by atoms with van der Waals surface area (Å²) in [6, 6.07) is 0.627. The average Bonchev–Trinajstić information content (AvgIpc) is 2.25. The van der Waals surface area contributed by atoms with Crippen LogP contribution in [0.1, 0.15) is 32.6 Å². The predicted octanol–water partition coefficient (Wildman–Crippen LogP) is 2.29. The molecule has 84 valence electrons. The van der Waals surface area contributed by atoms with Crippen molar-refractivity contribution in [3.05, 3.63) is 0 Å². The normalized spacial score (nSPS) is 22.5. The molecule has 1 rings (SSSR count). The van der Waals surface area contributed by atoms with Gasteiger partial charge >= 0.3 is 0 Å². The molecule has 0 amide bonds. The quantitative estimate of drug-likeness (QED) is 0.661. The first-order valence-corrected chi connectivity index (χ1v) is 6.98. The van der Waals surface area contributed by atoms with Crippen molar-refractivity contribution in [2.45, 2.75) is 38.6 Å². The summed E-state index contributed by atoms with van der Waals surface area (Å²) in [5, 5.41) is 3.49. The molecule has 1 aliphatic rings. The topological polar surface area (TPSA) is 21.3 Å². The summed E-state index contributed by atoms with van der Waals surface area (Å²) in [7, 11) is 0. The van der Waals surface area contributed by atoms with Gasteiger partial charge in [0.05, 0.1) is 6.61 Å². The van der Waals surface area contributed by atoms with Gasteiger partial charge in [-0.2, -0.15) is 11.8 Å². The zero-order chi connectivity index (χ0) is 10.1. The number of hydrogen-bond donors (Lipinski definition) is 1. The molecule has 0 aromatic carbocycles. The van der Waals surface area contributed by atoms with Crippen LogP contribution in [0.15, 0.2) is 0 Å². The van der Waals surface area contributed by atoms with E-state index in [9.17, 15) is 0 Å². The Bertz CT molecular complexity index is 126. The number of hydrogen-bond acceptors (Lipinski definition) is 3. The van der Waals surface area contributed by atoms with E-state index >= 15 is 0 Å². The number of thioether (sulfide) groups is 1. The van der Waals surface area contributed by atoms with Gasteiger partial charge in [-0.3, -0.25) is 0 Å². The molecule has 0 spiro atoms. The van der Waals surface area contributed by atoms with Crippen molar-refractivity contribution in [3.8, 4) is 0 Å². The van der Waals surface area contributed by atoms with Crippen LogP contribution < -0.4 is 5.32 Å². The zero-order valence-electron chi connectivity index (χ0n) is 9.26. The van der Waals surface area contributed by atoms with Crippen molar-refractivity contribution in [1.82, 2.24) is 5.32 Å². The molecule has 0 aromatic rings. The maximum atomic E-state index is 5.64. The Morgan fingerprint density at radius 1 is 1.43 bits per heavy atom. The molecule has 2 nitrogen and oxygen atoms in total. The van der Waals surface area contributed by atoms with E-state index in [4.69, 9.17) is 4.74 Å². The molecule has 0 radical (unpaired) electrons. The predicted molar refractivity (Wildman–Crippen MR) is 64.1 cm³/mol. The summed E-state index contributed by atoms with van der Waals surface area (Å²) in [5.74, 6) is 2.47. The van der Waals surface area contributed by atoms with Crippen molar-refractivity contribution in [3.63, 3.8) is 0 Å². The molecule has 0 bridgehead atoms. The van der Waals surface area contributed by atoms with E-state index in [2.05, 4.69) is 12.2 Å². The highest BCUT2D eigenvalue weighted by Crippen LogP contribution is 2.07. The van der Waals surface area contributed by atoms with Gasteiger partial charge < -0.3 is 10.1 Å². The summed E-state index contributed by atoms with van der Waals surface area (Å²) in [6.45, 7) is 5.24. The summed E-state index contributed by atoms with van der Waals surface area (Å²) < 4.78 is 5.64. The van der Waals surface area contributed by atoms with E-state index in [0.717, 1.165) is 13.2 Å². The molecular formula is C11H23NOS. The van der Waals surface area contributed by atoms with Crippen LogP contribution in [0.3, 0.4) is 0 Å². The van der Waals surface area contributed by atoms with Gasteiger partial charge in [-0.05, 0) is 37.3 Å². The van der Waals surface area contributed by atoms with Crippen LogP contribution >= 0.6 is 11.8 Å². The van der Waals surface area contributed by atoms with Gasteiger partial charge in [-0.15, -0.1) is 0 Å². The Morgan fingerprint density at radius 3 is 3.07 bits per heavy atom. The largest absolute Gasteiger partial charge is 0.380 e. The molecule has 14 heavy (non-hydrogen) atoms. The Labute approximate surface area is 92.2 Å². The van der Waals surface area contributed by atoms with Gasteiger partial charge in [-0.1, -0.05) is 13.3 Å². The Balaban J connectivity index is 1.82. The van der Waals surface area contributed by atoms with Crippen LogP contribution in [-0.4, -0.2) is 37.3 Å². The summed E-state index contributed by atoms with van der Waals surface area (Å²) in [6.07, 6.45) is 5.20. The second-order valence-electron chi connectivity index (χ2n) is 3.77. The van der Waals surface area contributed by atoms with Crippen LogP contribution in [0, 0.1) is 0 Å². The highest BCUT2D eigenvalue weighted by atomic mass is 32.2. The smallest absolute Gasteiger partial charge is 0.0619 e. The van der Waals surface area contributed by atoms with Crippen LogP contribution in [0.25, 0.3) is 0 Å². The van der Waals surface area contributed by atoms with E-state index in [1.165, 1.54) is 43.7 Å². The molecule has 1 fully saturated rings. The summed E-state index contributed by atoms with van der Waals surface area (Å²) in [4.78, 5) is 0. The van der Waals surface area contributed by atoms with Crippen molar-refractivity contribution >= 4 is 11.8 Å². The molecule has 1 heterocycles. The number of piperidine rings is 1. The van der Waals surface area contributed by atoms with Gasteiger partial charge in [0.15, 0.2) is 0 Å². The minimum absolute atomic E-state index is 0.627. The summed E-state index contributed by atoms with van der Waals surface area (Å²) >= 11 is 2.00. The number of nitrogens with one attached hydrogen (secondary N) is 1. The highest BCUT2D eigenvalue weighted by molar-refractivity contribution is 7.99. The van der Waals surface area contributed by atoms with Gasteiger partial charge in [0, 0.05) is 12.6 Å². The van der Waals surface area contributed by atoms with Gasteiger partial charge in [-0.25, -0.2) is 0 Å².